The number of anilines is 2. The number of amides is 3. The average Bonchev–Trinajstić information content (AvgIpc) is 3.33. The molecule has 2 aromatic carbocycles. The summed E-state index contributed by atoms with van der Waals surface area (Å²) in [6.45, 7) is 20.9. The molecule has 13 heteroatoms. The lowest BCUT2D eigenvalue weighted by molar-refractivity contribution is -0.118. The number of hydrogen-bond donors (Lipinski definition) is 2. The third-order valence-corrected chi connectivity index (χ3v) is 13.4. The lowest BCUT2D eigenvalue weighted by Crippen LogP contribution is -2.44. The highest BCUT2D eigenvalue weighted by Crippen LogP contribution is 2.48. The van der Waals surface area contributed by atoms with Crippen molar-refractivity contribution in [2.45, 2.75) is 110 Å². The lowest BCUT2D eigenvalue weighted by Gasteiger charge is -2.38. The molecule has 11 nitrogen and oxygen atoms in total. The van der Waals surface area contributed by atoms with Crippen LogP contribution in [0.2, 0.25) is 23.2 Å². The molecule has 0 aliphatic heterocycles. The number of pyridine rings is 1. The number of halogens is 1. The van der Waals surface area contributed by atoms with Crippen LogP contribution in [-0.4, -0.2) is 53.7 Å². The van der Waals surface area contributed by atoms with Crippen LogP contribution in [0, 0.1) is 0 Å². The van der Waals surface area contributed by atoms with Crippen molar-refractivity contribution >= 4 is 55.4 Å². The Labute approximate surface area is 305 Å². The van der Waals surface area contributed by atoms with Gasteiger partial charge in [0.15, 0.2) is 8.32 Å². The minimum Gasteiger partial charge on any atom is -0.478 e. The zero-order valence-electron chi connectivity index (χ0n) is 31.1. The van der Waals surface area contributed by atoms with E-state index in [2.05, 4.69) is 39.2 Å². The molecule has 4 rings (SSSR count). The SMILES string of the molecule is CC(C)(C)OC(=O)N(C(=O)OC(C)(C)C)c1ccc(Cl)cc1-c1cnc2c(c1)C(O[Si](C)(C)C(C)(C)C)CC2C(=O)Nc1ccc(C(=O)O)cc1. The standard InChI is InChI=1S/C38H48ClN3O8Si/c1-36(2,3)48-34(46)42(35(47)49-37(4,5)6)29-17-14-24(39)19-26(29)23-18-27-30(50-51(10,11)38(7,8)9)20-28(31(27)40-21-23)32(43)41-25-15-12-22(13-16-25)33(44)45/h12-19,21,28,30H,20H2,1-11H3,(H,41,43)(H,44,45). The lowest BCUT2D eigenvalue weighted by atomic mass is 10.0. The van der Waals surface area contributed by atoms with Gasteiger partial charge in [-0.1, -0.05) is 32.4 Å². The number of nitrogens with one attached hydrogen (secondary N) is 1. The molecule has 2 unspecified atom stereocenters. The molecule has 0 saturated carbocycles. The molecular formula is C38H48ClN3O8Si. The molecule has 0 fully saturated rings. The van der Waals surface area contributed by atoms with Crippen molar-refractivity contribution < 1.29 is 38.2 Å². The van der Waals surface area contributed by atoms with Crippen molar-refractivity contribution in [3.8, 4) is 11.1 Å². The summed E-state index contributed by atoms with van der Waals surface area (Å²) in [5.74, 6) is -2.06. The highest BCUT2D eigenvalue weighted by Gasteiger charge is 2.45. The van der Waals surface area contributed by atoms with E-state index in [1.807, 2.05) is 6.07 Å². The van der Waals surface area contributed by atoms with Gasteiger partial charge < -0.3 is 24.3 Å². The Kier molecular flexibility index (Phi) is 11.2. The fourth-order valence-corrected chi connectivity index (χ4v) is 6.72. The maximum atomic E-state index is 13.8. The van der Waals surface area contributed by atoms with E-state index in [1.165, 1.54) is 12.1 Å². The molecule has 2 N–H and O–H groups in total. The summed E-state index contributed by atoms with van der Waals surface area (Å²) in [4.78, 5) is 58.0. The number of carboxylic acid groups (broad SMARTS) is 1. The largest absolute Gasteiger partial charge is 0.478 e. The molecule has 51 heavy (non-hydrogen) atoms. The van der Waals surface area contributed by atoms with Gasteiger partial charge in [0, 0.05) is 33.6 Å². The third-order valence-electron chi connectivity index (χ3n) is 8.70. The maximum absolute atomic E-state index is 13.8. The van der Waals surface area contributed by atoms with Crippen molar-refractivity contribution in [2.24, 2.45) is 0 Å². The average molecular weight is 738 g/mol. The number of carbonyl (C=O) groups excluding carboxylic acids is 3. The number of ether oxygens (including phenoxy) is 2. The van der Waals surface area contributed by atoms with E-state index in [-0.39, 0.29) is 22.2 Å². The number of rotatable bonds is 7. The molecule has 1 aliphatic carbocycles. The summed E-state index contributed by atoms with van der Waals surface area (Å²) in [5.41, 5.74) is 1.06. The molecule has 1 heterocycles. The highest BCUT2D eigenvalue weighted by molar-refractivity contribution is 6.74. The molecule has 2 atom stereocenters. The summed E-state index contributed by atoms with van der Waals surface area (Å²) >= 11 is 6.52. The van der Waals surface area contributed by atoms with Crippen LogP contribution in [-0.2, 0) is 18.7 Å². The van der Waals surface area contributed by atoms with Gasteiger partial charge in [0.05, 0.1) is 29.0 Å². The first-order valence-corrected chi connectivity index (χ1v) is 20.0. The summed E-state index contributed by atoms with van der Waals surface area (Å²) in [5, 5.41) is 12.4. The second-order valence-corrected chi connectivity index (χ2v) is 21.4. The van der Waals surface area contributed by atoms with Crippen LogP contribution in [0.5, 0.6) is 0 Å². The van der Waals surface area contributed by atoms with E-state index >= 15 is 0 Å². The smallest absolute Gasteiger partial charge is 0.424 e. The van der Waals surface area contributed by atoms with Gasteiger partial charge in [-0.3, -0.25) is 9.78 Å². The molecule has 1 aromatic heterocycles. The number of fused-ring (bicyclic) bond motifs is 1. The van der Waals surface area contributed by atoms with Crippen molar-refractivity contribution in [3.63, 3.8) is 0 Å². The van der Waals surface area contributed by atoms with Gasteiger partial charge in [0.2, 0.25) is 5.91 Å². The Bertz CT molecular complexity index is 1800. The monoisotopic (exact) mass is 737 g/mol. The van der Waals surface area contributed by atoms with Gasteiger partial charge in [0.25, 0.3) is 0 Å². The minimum absolute atomic E-state index is 0.105. The quantitative estimate of drug-likeness (QED) is 0.226. The predicted molar refractivity (Wildman–Crippen MR) is 200 cm³/mol. The number of aromatic carboxylic acids is 1. The topological polar surface area (TPSA) is 144 Å². The minimum atomic E-state index is -2.37. The van der Waals surface area contributed by atoms with Crippen molar-refractivity contribution in [1.82, 2.24) is 4.98 Å². The van der Waals surface area contributed by atoms with E-state index in [9.17, 15) is 24.3 Å². The number of benzene rings is 2. The first kappa shape index (κ1) is 39.5. The van der Waals surface area contributed by atoms with Gasteiger partial charge >= 0.3 is 18.2 Å². The van der Waals surface area contributed by atoms with E-state index in [0.29, 0.717) is 39.5 Å². The van der Waals surface area contributed by atoms with E-state index in [0.717, 1.165) is 4.90 Å². The third kappa shape index (κ3) is 9.55. The zero-order valence-corrected chi connectivity index (χ0v) is 32.9. The zero-order chi connectivity index (χ0) is 38.3. The normalized spacial score (nSPS) is 16.2. The summed E-state index contributed by atoms with van der Waals surface area (Å²) in [6.07, 6.45) is -0.452. The van der Waals surface area contributed by atoms with Crippen LogP contribution in [0.4, 0.5) is 21.0 Å². The molecule has 0 bridgehead atoms. The van der Waals surface area contributed by atoms with Crippen LogP contribution in [0.15, 0.2) is 54.7 Å². The van der Waals surface area contributed by atoms with Crippen molar-refractivity contribution in [3.05, 3.63) is 76.6 Å². The summed E-state index contributed by atoms with van der Waals surface area (Å²) in [6, 6.07) is 12.5. The van der Waals surface area contributed by atoms with Crippen LogP contribution >= 0.6 is 11.6 Å². The number of carbonyl (C=O) groups is 4. The first-order valence-electron chi connectivity index (χ1n) is 16.7. The maximum Gasteiger partial charge on any atom is 0.424 e. The Hall–Kier alpha value is -4.26. The fourth-order valence-electron chi connectivity index (χ4n) is 5.26. The molecule has 0 saturated heterocycles. The van der Waals surface area contributed by atoms with Crippen LogP contribution in [0.25, 0.3) is 11.1 Å². The van der Waals surface area contributed by atoms with Gasteiger partial charge in [-0.15, -0.1) is 0 Å². The Balaban J connectivity index is 1.83. The Morgan fingerprint density at radius 3 is 1.96 bits per heavy atom. The van der Waals surface area contributed by atoms with Crippen LogP contribution in [0.1, 0.15) is 102 Å². The number of imide groups is 1. The van der Waals surface area contributed by atoms with E-state index in [1.54, 1.807) is 78.1 Å². The first-order chi connectivity index (χ1) is 23.4. The van der Waals surface area contributed by atoms with Crippen LogP contribution in [0.3, 0.4) is 0 Å². The second kappa shape index (κ2) is 14.4. The van der Waals surface area contributed by atoms with Crippen molar-refractivity contribution in [1.29, 1.82) is 0 Å². The van der Waals surface area contributed by atoms with E-state index in [4.69, 9.17) is 30.5 Å². The predicted octanol–water partition coefficient (Wildman–Crippen LogP) is 9.97. The van der Waals surface area contributed by atoms with Gasteiger partial charge in [0.1, 0.15) is 11.2 Å². The fraction of sp³-hybridized carbons (Fsp3) is 0.447. The van der Waals surface area contributed by atoms with Gasteiger partial charge in [-0.25, -0.2) is 14.4 Å². The van der Waals surface area contributed by atoms with E-state index < -0.39 is 49.7 Å². The molecular weight excluding hydrogens is 690 g/mol. The Morgan fingerprint density at radius 2 is 1.45 bits per heavy atom. The van der Waals surface area contributed by atoms with Gasteiger partial charge in [-0.2, -0.15) is 4.90 Å². The van der Waals surface area contributed by atoms with Crippen LogP contribution < -0.4 is 10.2 Å². The highest BCUT2D eigenvalue weighted by atomic mass is 35.5. The number of carboxylic acids is 1. The number of hydrogen-bond acceptors (Lipinski definition) is 8. The Morgan fingerprint density at radius 1 is 0.882 bits per heavy atom. The summed E-state index contributed by atoms with van der Waals surface area (Å²) < 4.78 is 18.2. The molecule has 3 amide bonds. The number of aromatic nitrogens is 1. The second-order valence-electron chi connectivity index (χ2n) is 16.2. The molecule has 1 aliphatic rings. The molecule has 0 spiro atoms. The van der Waals surface area contributed by atoms with Gasteiger partial charge in [-0.05, 0) is 115 Å². The number of nitrogens with zero attached hydrogens (tertiary/aromatic N) is 2. The molecule has 0 radical (unpaired) electrons. The molecule has 274 valence electrons. The van der Waals surface area contributed by atoms with Crippen molar-refractivity contribution in [2.75, 3.05) is 10.2 Å². The molecule has 3 aromatic rings. The summed E-state index contributed by atoms with van der Waals surface area (Å²) in [7, 11) is -2.37.